The zero-order chi connectivity index (χ0) is 17.9. The van der Waals surface area contributed by atoms with Gasteiger partial charge in [-0.2, -0.15) is 4.98 Å². The third-order valence-electron chi connectivity index (χ3n) is 4.53. The summed E-state index contributed by atoms with van der Waals surface area (Å²) in [7, 11) is 1.62. The smallest absolute Gasteiger partial charge is 0.241 e. The largest absolute Gasteiger partial charge is 0.497 e. The molecule has 5 nitrogen and oxygen atoms in total. The quantitative estimate of drug-likeness (QED) is 0.641. The van der Waals surface area contributed by atoms with Gasteiger partial charge < -0.3 is 9.26 Å². The van der Waals surface area contributed by atoms with Crippen molar-refractivity contribution in [2.45, 2.75) is 32.0 Å². The minimum Gasteiger partial charge on any atom is -0.497 e. The van der Waals surface area contributed by atoms with Gasteiger partial charge in [-0.1, -0.05) is 35.5 Å². The van der Waals surface area contributed by atoms with E-state index >= 15 is 0 Å². The molecular formula is C20H20FN3O2. The molecule has 26 heavy (non-hydrogen) atoms. The van der Waals surface area contributed by atoms with Gasteiger partial charge in [-0.15, -0.1) is 0 Å². The first-order chi connectivity index (χ1) is 12.7. The highest BCUT2D eigenvalue weighted by Gasteiger charge is 2.30. The Labute approximate surface area is 151 Å². The van der Waals surface area contributed by atoms with Crippen molar-refractivity contribution in [2.75, 3.05) is 7.11 Å². The third-order valence-corrected chi connectivity index (χ3v) is 4.53. The maximum absolute atomic E-state index is 14.0. The molecule has 0 atom stereocenters. The second-order valence-corrected chi connectivity index (χ2v) is 6.47. The average Bonchev–Trinajstić information content (AvgIpc) is 3.42. The van der Waals surface area contributed by atoms with Crippen LogP contribution in [0.15, 0.2) is 53.1 Å². The molecule has 1 aromatic heterocycles. The molecule has 1 saturated carbocycles. The molecule has 0 aliphatic heterocycles. The van der Waals surface area contributed by atoms with Crippen molar-refractivity contribution in [2.24, 2.45) is 0 Å². The zero-order valence-corrected chi connectivity index (χ0v) is 14.6. The molecule has 1 aliphatic rings. The molecule has 4 rings (SSSR count). The molecule has 1 fully saturated rings. The highest BCUT2D eigenvalue weighted by molar-refractivity contribution is 5.56. The van der Waals surface area contributed by atoms with Crippen LogP contribution in [0.1, 0.15) is 24.3 Å². The number of hydrogen-bond donors (Lipinski definition) is 0. The van der Waals surface area contributed by atoms with Gasteiger partial charge in [0, 0.05) is 23.7 Å². The first kappa shape index (κ1) is 16.7. The molecule has 1 aliphatic carbocycles. The molecule has 0 unspecified atom stereocenters. The Bertz CT molecular complexity index is 892. The number of halogens is 1. The number of methoxy groups -OCH3 is 1. The number of hydrogen-bond acceptors (Lipinski definition) is 5. The van der Waals surface area contributed by atoms with E-state index in [-0.39, 0.29) is 5.82 Å². The van der Waals surface area contributed by atoms with Gasteiger partial charge in [-0.3, -0.25) is 4.90 Å². The van der Waals surface area contributed by atoms with Gasteiger partial charge in [-0.05, 0) is 31.0 Å². The number of ether oxygens (including phenoxy) is 1. The van der Waals surface area contributed by atoms with Crippen LogP contribution in [-0.2, 0) is 13.1 Å². The average molecular weight is 353 g/mol. The van der Waals surface area contributed by atoms with Crippen molar-refractivity contribution in [1.82, 2.24) is 15.0 Å². The minimum atomic E-state index is -0.180. The predicted octanol–water partition coefficient (Wildman–Crippen LogP) is 4.05. The van der Waals surface area contributed by atoms with Gasteiger partial charge in [0.1, 0.15) is 11.6 Å². The highest BCUT2D eigenvalue weighted by Crippen LogP contribution is 2.30. The van der Waals surface area contributed by atoms with Crippen LogP contribution in [0.4, 0.5) is 4.39 Å². The van der Waals surface area contributed by atoms with Crippen molar-refractivity contribution in [3.05, 3.63) is 65.8 Å². The summed E-state index contributed by atoms with van der Waals surface area (Å²) >= 11 is 0. The summed E-state index contributed by atoms with van der Waals surface area (Å²) < 4.78 is 24.6. The van der Waals surface area contributed by atoms with Crippen LogP contribution in [0.2, 0.25) is 0 Å². The van der Waals surface area contributed by atoms with E-state index in [0.29, 0.717) is 36.4 Å². The lowest BCUT2D eigenvalue weighted by Gasteiger charge is -2.20. The highest BCUT2D eigenvalue weighted by atomic mass is 19.1. The SMILES string of the molecule is COc1cccc(-c2noc(CN(Cc3ccccc3F)C3CC3)n2)c1. The second-order valence-electron chi connectivity index (χ2n) is 6.47. The molecule has 6 heteroatoms. The number of benzene rings is 2. The molecule has 3 aromatic rings. The van der Waals surface area contributed by atoms with Crippen LogP contribution in [0.5, 0.6) is 5.75 Å². The fraction of sp³-hybridized carbons (Fsp3) is 0.300. The normalized spacial score (nSPS) is 14.0. The van der Waals surface area contributed by atoms with E-state index in [2.05, 4.69) is 15.0 Å². The maximum Gasteiger partial charge on any atom is 0.241 e. The standard InChI is InChI=1S/C20H20FN3O2/c1-25-17-7-4-6-14(11-17)20-22-19(26-23-20)13-24(16-9-10-16)12-15-5-2-3-8-18(15)21/h2-8,11,16H,9-10,12-13H2,1H3. The Kier molecular flexibility index (Phi) is 4.67. The predicted molar refractivity (Wildman–Crippen MR) is 95.0 cm³/mol. The van der Waals surface area contributed by atoms with Gasteiger partial charge in [-0.25, -0.2) is 4.39 Å². The summed E-state index contributed by atoms with van der Waals surface area (Å²) in [5.74, 6) is 1.63. The summed E-state index contributed by atoms with van der Waals surface area (Å²) in [6.45, 7) is 1.05. The Balaban J connectivity index is 1.50. The lowest BCUT2D eigenvalue weighted by molar-refractivity contribution is 0.207. The van der Waals surface area contributed by atoms with Crippen LogP contribution in [0.3, 0.4) is 0 Å². The van der Waals surface area contributed by atoms with Crippen molar-refractivity contribution >= 4 is 0 Å². The van der Waals surface area contributed by atoms with Gasteiger partial charge in [0.15, 0.2) is 0 Å². The summed E-state index contributed by atoms with van der Waals surface area (Å²) in [5.41, 5.74) is 1.53. The van der Waals surface area contributed by atoms with E-state index in [1.807, 2.05) is 36.4 Å². The van der Waals surface area contributed by atoms with Crippen LogP contribution in [0.25, 0.3) is 11.4 Å². The van der Waals surface area contributed by atoms with E-state index in [1.54, 1.807) is 13.2 Å². The monoisotopic (exact) mass is 353 g/mol. The van der Waals surface area contributed by atoms with E-state index in [4.69, 9.17) is 9.26 Å². The van der Waals surface area contributed by atoms with E-state index in [1.165, 1.54) is 6.07 Å². The topological polar surface area (TPSA) is 51.4 Å². The van der Waals surface area contributed by atoms with E-state index in [0.717, 1.165) is 24.2 Å². The molecule has 1 heterocycles. The summed E-state index contributed by atoms with van der Waals surface area (Å²) in [5, 5.41) is 4.08. The van der Waals surface area contributed by atoms with Crippen LogP contribution in [-0.4, -0.2) is 28.2 Å². The second kappa shape index (κ2) is 7.25. The molecule has 2 aromatic carbocycles. The zero-order valence-electron chi connectivity index (χ0n) is 14.6. The molecule has 0 spiro atoms. The van der Waals surface area contributed by atoms with Crippen molar-refractivity contribution in [3.63, 3.8) is 0 Å². The van der Waals surface area contributed by atoms with Gasteiger partial charge >= 0.3 is 0 Å². The molecular weight excluding hydrogens is 333 g/mol. The minimum absolute atomic E-state index is 0.180. The Morgan fingerprint density at radius 1 is 1.15 bits per heavy atom. The summed E-state index contributed by atoms with van der Waals surface area (Å²) in [4.78, 5) is 6.70. The van der Waals surface area contributed by atoms with Crippen molar-refractivity contribution < 1.29 is 13.7 Å². The Hall–Kier alpha value is -2.73. The van der Waals surface area contributed by atoms with Gasteiger partial charge in [0.25, 0.3) is 0 Å². The van der Waals surface area contributed by atoms with Gasteiger partial charge in [0.05, 0.1) is 13.7 Å². The van der Waals surface area contributed by atoms with Crippen molar-refractivity contribution in [1.29, 1.82) is 0 Å². The Morgan fingerprint density at radius 3 is 2.77 bits per heavy atom. The molecule has 0 radical (unpaired) electrons. The number of nitrogens with zero attached hydrogens (tertiary/aromatic N) is 3. The van der Waals surface area contributed by atoms with Crippen LogP contribution < -0.4 is 4.74 Å². The fourth-order valence-corrected chi connectivity index (χ4v) is 2.97. The molecule has 134 valence electrons. The van der Waals surface area contributed by atoms with E-state index < -0.39 is 0 Å². The van der Waals surface area contributed by atoms with E-state index in [9.17, 15) is 4.39 Å². The maximum atomic E-state index is 14.0. The van der Waals surface area contributed by atoms with Crippen molar-refractivity contribution in [3.8, 4) is 17.1 Å². The molecule has 0 N–H and O–H groups in total. The molecule has 0 bridgehead atoms. The fourth-order valence-electron chi connectivity index (χ4n) is 2.97. The first-order valence-electron chi connectivity index (χ1n) is 8.67. The number of rotatable bonds is 7. The first-order valence-corrected chi connectivity index (χ1v) is 8.67. The lowest BCUT2D eigenvalue weighted by atomic mass is 10.2. The summed E-state index contributed by atoms with van der Waals surface area (Å²) in [6, 6.07) is 14.9. The van der Waals surface area contributed by atoms with Crippen LogP contribution >= 0.6 is 0 Å². The lowest BCUT2D eigenvalue weighted by Crippen LogP contribution is -2.25. The third kappa shape index (κ3) is 3.75. The summed E-state index contributed by atoms with van der Waals surface area (Å²) in [6.07, 6.45) is 2.23. The molecule has 0 amide bonds. The molecule has 0 saturated heterocycles. The van der Waals surface area contributed by atoms with Gasteiger partial charge in [0.2, 0.25) is 11.7 Å². The van der Waals surface area contributed by atoms with Crippen LogP contribution in [0, 0.1) is 5.82 Å². The number of aromatic nitrogens is 2. The Morgan fingerprint density at radius 2 is 2.00 bits per heavy atom.